The van der Waals surface area contributed by atoms with E-state index in [2.05, 4.69) is 10.3 Å². The summed E-state index contributed by atoms with van der Waals surface area (Å²) in [6.07, 6.45) is -0.831. The maximum Gasteiger partial charge on any atom is 0.339 e. The molecule has 2 aromatic carbocycles. The Balaban J connectivity index is 1.69. The number of thioether (sulfide) groups is 1. The van der Waals surface area contributed by atoms with Crippen LogP contribution >= 0.6 is 23.1 Å². The number of benzene rings is 2. The number of aromatic nitrogens is 1. The van der Waals surface area contributed by atoms with Gasteiger partial charge < -0.3 is 10.1 Å². The van der Waals surface area contributed by atoms with Crippen molar-refractivity contribution in [3.05, 3.63) is 59.7 Å². The lowest BCUT2D eigenvalue weighted by molar-refractivity contribution is -0.128. The van der Waals surface area contributed by atoms with E-state index in [1.807, 2.05) is 43.3 Å². The number of hydrogen-bond acceptors (Lipinski definition) is 6. The van der Waals surface area contributed by atoms with Crippen LogP contribution in [-0.2, 0) is 15.3 Å². The van der Waals surface area contributed by atoms with Gasteiger partial charge in [-0.2, -0.15) is 0 Å². The molecule has 27 heavy (non-hydrogen) atoms. The molecular formula is C20H20N2O3S2. The summed E-state index contributed by atoms with van der Waals surface area (Å²) in [5, 5.41) is 2.65. The number of ether oxygens (including phenoxy) is 1. The van der Waals surface area contributed by atoms with Gasteiger partial charge >= 0.3 is 5.97 Å². The Bertz CT molecular complexity index is 922. The summed E-state index contributed by atoms with van der Waals surface area (Å²) in [5.74, 6) is -0.192. The largest absolute Gasteiger partial charge is 0.449 e. The summed E-state index contributed by atoms with van der Waals surface area (Å²) in [7, 11) is 0. The Morgan fingerprint density at radius 3 is 2.70 bits per heavy atom. The summed E-state index contributed by atoms with van der Waals surface area (Å²) in [6, 6.07) is 15.3. The molecule has 140 valence electrons. The third-order valence-electron chi connectivity index (χ3n) is 3.87. The highest BCUT2D eigenvalue weighted by Crippen LogP contribution is 2.32. The van der Waals surface area contributed by atoms with Crippen molar-refractivity contribution < 1.29 is 14.3 Å². The Hall–Kier alpha value is -2.38. The molecular weight excluding hydrogens is 380 g/mol. The van der Waals surface area contributed by atoms with Gasteiger partial charge in [-0.1, -0.05) is 42.1 Å². The molecule has 0 saturated carbocycles. The number of para-hydroxylation sites is 1. The summed E-state index contributed by atoms with van der Waals surface area (Å²) in [4.78, 5) is 28.9. The summed E-state index contributed by atoms with van der Waals surface area (Å²) in [5.41, 5.74) is 2.31. The minimum Gasteiger partial charge on any atom is -0.449 e. The van der Waals surface area contributed by atoms with E-state index in [-0.39, 0.29) is 5.91 Å². The molecule has 0 aliphatic rings. The lowest BCUT2D eigenvalue weighted by atomic mass is 10.1. The molecule has 1 aromatic heterocycles. The Morgan fingerprint density at radius 2 is 1.93 bits per heavy atom. The van der Waals surface area contributed by atoms with Gasteiger partial charge in [0.15, 0.2) is 10.4 Å². The molecule has 0 unspecified atom stereocenters. The fraction of sp³-hybridized carbons (Fsp3) is 0.250. The van der Waals surface area contributed by atoms with Crippen molar-refractivity contribution in [1.29, 1.82) is 0 Å². The van der Waals surface area contributed by atoms with Gasteiger partial charge in [-0.3, -0.25) is 4.79 Å². The van der Waals surface area contributed by atoms with Gasteiger partial charge in [0.25, 0.3) is 5.91 Å². The van der Waals surface area contributed by atoms with Gasteiger partial charge in [0, 0.05) is 12.3 Å². The molecule has 0 saturated heterocycles. The second kappa shape index (κ2) is 9.01. The summed E-state index contributed by atoms with van der Waals surface area (Å²) >= 11 is 3.22. The molecule has 0 fully saturated rings. The average Bonchev–Trinajstić information content (AvgIpc) is 3.09. The lowest BCUT2D eigenvalue weighted by Crippen LogP contribution is -2.35. The van der Waals surface area contributed by atoms with Crippen LogP contribution < -0.4 is 5.32 Å². The first kappa shape index (κ1) is 19.4. The zero-order valence-corrected chi connectivity index (χ0v) is 16.7. The molecule has 0 spiro atoms. The van der Waals surface area contributed by atoms with E-state index < -0.39 is 12.1 Å². The fourth-order valence-electron chi connectivity index (χ4n) is 2.49. The quantitative estimate of drug-likeness (QED) is 0.474. The highest BCUT2D eigenvalue weighted by atomic mass is 32.2. The number of fused-ring (bicyclic) bond motifs is 1. The molecule has 1 atom stereocenters. The number of hydrogen-bond donors (Lipinski definition) is 1. The number of nitrogens with zero attached hydrogens (tertiary/aromatic N) is 1. The van der Waals surface area contributed by atoms with E-state index >= 15 is 0 Å². The Labute approximate surface area is 166 Å². The SMILES string of the molecule is CCNC(=O)[C@H](C)OC(=O)c1ccccc1CSc1nc2ccccc2s1. The maximum atomic E-state index is 12.5. The van der Waals surface area contributed by atoms with Crippen molar-refractivity contribution in [2.75, 3.05) is 6.54 Å². The number of amides is 1. The third-order valence-corrected chi connectivity index (χ3v) is 6.09. The van der Waals surface area contributed by atoms with Crippen LogP contribution in [0.5, 0.6) is 0 Å². The predicted octanol–water partition coefficient (Wildman–Crippen LogP) is 4.27. The van der Waals surface area contributed by atoms with E-state index in [1.165, 1.54) is 0 Å². The van der Waals surface area contributed by atoms with Gasteiger partial charge in [0.2, 0.25) is 0 Å². The molecule has 3 aromatic rings. The van der Waals surface area contributed by atoms with Crippen LogP contribution in [0, 0.1) is 0 Å². The van der Waals surface area contributed by atoms with Crippen molar-refractivity contribution in [1.82, 2.24) is 10.3 Å². The van der Waals surface area contributed by atoms with Crippen molar-refractivity contribution in [3.63, 3.8) is 0 Å². The molecule has 0 aliphatic heterocycles. The van der Waals surface area contributed by atoms with Crippen LogP contribution in [0.15, 0.2) is 52.9 Å². The predicted molar refractivity (Wildman–Crippen MR) is 109 cm³/mol. The molecule has 5 nitrogen and oxygen atoms in total. The topological polar surface area (TPSA) is 68.3 Å². The zero-order chi connectivity index (χ0) is 19.2. The summed E-state index contributed by atoms with van der Waals surface area (Å²) in [6.45, 7) is 3.89. The average molecular weight is 401 g/mol. The highest BCUT2D eigenvalue weighted by Gasteiger charge is 2.20. The van der Waals surface area contributed by atoms with Crippen LogP contribution in [0.2, 0.25) is 0 Å². The van der Waals surface area contributed by atoms with E-state index in [9.17, 15) is 9.59 Å². The first-order valence-electron chi connectivity index (χ1n) is 8.63. The van der Waals surface area contributed by atoms with Gasteiger partial charge in [-0.05, 0) is 37.6 Å². The van der Waals surface area contributed by atoms with Gasteiger partial charge in [0.05, 0.1) is 15.8 Å². The van der Waals surface area contributed by atoms with E-state index in [0.29, 0.717) is 17.9 Å². The molecule has 1 N–H and O–H groups in total. The molecule has 1 amide bonds. The smallest absolute Gasteiger partial charge is 0.339 e. The first-order valence-corrected chi connectivity index (χ1v) is 10.4. The van der Waals surface area contributed by atoms with Crippen LogP contribution in [0.4, 0.5) is 0 Å². The number of carbonyl (C=O) groups excluding carboxylic acids is 2. The maximum absolute atomic E-state index is 12.5. The zero-order valence-electron chi connectivity index (χ0n) is 15.1. The van der Waals surface area contributed by atoms with Gasteiger partial charge in [-0.15, -0.1) is 11.3 Å². The van der Waals surface area contributed by atoms with E-state index in [0.717, 1.165) is 20.1 Å². The fourth-order valence-corrected chi connectivity index (χ4v) is 4.57. The second-order valence-electron chi connectivity index (χ2n) is 5.84. The normalized spacial score (nSPS) is 11.9. The van der Waals surface area contributed by atoms with Crippen LogP contribution in [0.3, 0.4) is 0 Å². The molecule has 0 aliphatic carbocycles. The molecule has 7 heteroatoms. The lowest BCUT2D eigenvalue weighted by Gasteiger charge is -2.14. The first-order chi connectivity index (χ1) is 13.1. The van der Waals surface area contributed by atoms with Crippen molar-refractivity contribution in [2.45, 2.75) is 30.0 Å². The number of carbonyl (C=O) groups is 2. The van der Waals surface area contributed by atoms with Crippen LogP contribution in [0.25, 0.3) is 10.2 Å². The minimum atomic E-state index is -0.831. The minimum absolute atomic E-state index is 0.299. The highest BCUT2D eigenvalue weighted by molar-refractivity contribution is 8.00. The van der Waals surface area contributed by atoms with E-state index in [4.69, 9.17) is 4.74 Å². The third kappa shape index (κ3) is 4.87. The number of esters is 1. The van der Waals surface area contributed by atoms with Crippen molar-refractivity contribution in [2.24, 2.45) is 0 Å². The van der Waals surface area contributed by atoms with Crippen molar-refractivity contribution in [3.8, 4) is 0 Å². The molecule has 0 bridgehead atoms. The molecule has 3 rings (SSSR count). The van der Waals surface area contributed by atoms with Gasteiger partial charge in [0.1, 0.15) is 0 Å². The monoisotopic (exact) mass is 400 g/mol. The number of likely N-dealkylation sites (N-methyl/N-ethyl adjacent to an activating group) is 1. The van der Waals surface area contributed by atoms with Gasteiger partial charge in [-0.25, -0.2) is 9.78 Å². The van der Waals surface area contributed by atoms with Crippen molar-refractivity contribution >= 4 is 45.2 Å². The van der Waals surface area contributed by atoms with Crippen LogP contribution in [0.1, 0.15) is 29.8 Å². The Kier molecular flexibility index (Phi) is 6.47. The number of nitrogens with one attached hydrogen (secondary N) is 1. The van der Waals surface area contributed by atoms with E-state index in [1.54, 1.807) is 42.2 Å². The Morgan fingerprint density at radius 1 is 1.19 bits per heavy atom. The van der Waals surface area contributed by atoms with Crippen LogP contribution in [-0.4, -0.2) is 29.5 Å². The molecule has 1 heterocycles. The number of thiazole rings is 1. The molecule has 0 radical (unpaired) electrons. The second-order valence-corrected chi connectivity index (χ2v) is 8.09. The standard InChI is InChI=1S/C20H20N2O3S2/c1-3-21-18(23)13(2)25-19(24)15-9-5-4-8-14(15)12-26-20-22-16-10-6-7-11-17(16)27-20/h4-11,13H,3,12H2,1-2H3,(H,21,23)/t13-/m0/s1. The summed E-state index contributed by atoms with van der Waals surface area (Å²) < 4.78 is 7.41. The number of rotatable bonds is 7.